The molecule has 0 aromatic heterocycles. The van der Waals surface area contributed by atoms with Crippen LogP contribution in [0.25, 0.3) is 0 Å². The van der Waals surface area contributed by atoms with E-state index in [9.17, 15) is 9.90 Å². The van der Waals surface area contributed by atoms with Crippen LogP contribution in [-0.2, 0) is 4.79 Å². The molecular formula is C10H16O3. The van der Waals surface area contributed by atoms with Gasteiger partial charge in [0.15, 0.2) is 0 Å². The molecule has 2 unspecified atom stereocenters. The van der Waals surface area contributed by atoms with Crippen LogP contribution in [0.1, 0.15) is 26.2 Å². The number of carboxylic acid groups (broad SMARTS) is 1. The average Bonchev–Trinajstić information content (AvgIpc) is 2.33. The second-order valence-corrected chi connectivity index (χ2v) is 4.01. The van der Waals surface area contributed by atoms with Crippen LogP contribution in [0.2, 0.25) is 0 Å². The Morgan fingerprint density at radius 3 is 2.85 bits per heavy atom. The smallest absolute Gasteiger partial charge is 0.303 e. The summed E-state index contributed by atoms with van der Waals surface area (Å²) in [5.41, 5.74) is 0.611. The lowest BCUT2D eigenvalue weighted by molar-refractivity contribution is -0.139. The molecule has 0 radical (unpaired) electrons. The van der Waals surface area contributed by atoms with E-state index in [0.717, 1.165) is 18.4 Å². The lowest BCUT2D eigenvalue weighted by atomic mass is 9.77. The number of aliphatic hydroxyl groups excluding tert-OH is 1. The van der Waals surface area contributed by atoms with Crippen molar-refractivity contribution < 1.29 is 15.0 Å². The Kier molecular flexibility index (Phi) is 2.76. The number of carbonyl (C=O) groups is 1. The van der Waals surface area contributed by atoms with Gasteiger partial charge in [0, 0.05) is 11.8 Å². The van der Waals surface area contributed by atoms with Crippen molar-refractivity contribution in [1.29, 1.82) is 0 Å². The van der Waals surface area contributed by atoms with Crippen molar-refractivity contribution in [1.82, 2.24) is 0 Å². The SMILES string of the molecule is C=C1CCC(CC(=O)O)C1(C)CO. The zero-order valence-corrected chi connectivity index (χ0v) is 7.92. The molecule has 3 heteroatoms. The number of carboxylic acids is 1. The number of hydrogen-bond acceptors (Lipinski definition) is 2. The predicted molar refractivity (Wildman–Crippen MR) is 49.3 cm³/mol. The molecule has 0 aromatic rings. The number of aliphatic hydroxyl groups is 1. The Hall–Kier alpha value is -0.830. The van der Waals surface area contributed by atoms with E-state index < -0.39 is 5.97 Å². The van der Waals surface area contributed by atoms with E-state index in [1.807, 2.05) is 6.92 Å². The average molecular weight is 184 g/mol. The van der Waals surface area contributed by atoms with Crippen molar-refractivity contribution in [3.63, 3.8) is 0 Å². The Labute approximate surface area is 78.1 Å². The summed E-state index contributed by atoms with van der Waals surface area (Å²) in [5.74, 6) is -0.748. The highest BCUT2D eigenvalue weighted by molar-refractivity contribution is 5.67. The summed E-state index contributed by atoms with van der Waals surface area (Å²) in [7, 11) is 0. The van der Waals surface area contributed by atoms with Crippen LogP contribution in [-0.4, -0.2) is 22.8 Å². The van der Waals surface area contributed by atoms with Gasteiger partial charge in [0.2, 0.25) is 0 Å². The number of aliphatic carboxylic acids is 1. The van der Waals surface area contributed by atoms with Gasteiger partial charge in [-0.2, -0.15) is 0 Å². The largest absolute Gasteiger partial charge is 0.481 e. The first kappa shape index (κ1) is 10.3. The molecule has 1 aliphatic carbocycles. The van der Waals surface area contributed by atoms with Crippen LogP contribution < -0.4 is 0 Å². The standard InChI is InChI=1S/C10H16O3/c1-7-3-4-8(5-9(12)13)10(7,2)6-11/h8,11H,1,3-6H2,2H3,(H,12,13). The Bertz CT molecular complexity index is 234. The van der Waals surface area contributed by atoms with Crippen LogP contribution in [0.5, 0.6) is 0 Å². The number of rotatable bonds is 3. The first-order chi connectivity index (χ1) is 6.00. The van der Waals surface area contributed by atoms with E-state index >= 15 is 0 Å². The van der Waals surface area contributed by atoms with Crippen molar-refractivity contribution in [2.75, 3.05) is 6.61 Å². The first-order valence-corrected chi connectivity index (χ1v) is 4.51. The summed E-state index contributed by atoms with van der Waals surface area (Å²) in [6.07, 6.45) is 1.81. The van der Waals surface area contributed by atoms with E-state index in [1.165, 1.54) is 0 Å². The maximum absolute atomic E-state index is 10.6. The minimum Gasteiger partial charge on any atom is -0.481 e. The molecule has 13 heavy (non-hydrogen) atoms. The van der Waals surface area contributed by atoms with Crippen molar-refractivity contribution in [2.45, 2.75) is 26.2 Å². The van der Waals surface area contributed by atoms with Crippen molar-refractivity contribution >= 4 is 5.97 Å². The van der Waals surface area contributed by atoms with Gasteiger partial charge in [-0.25, -0.2) is 0 Å². The molecule has 0 aliphatic heterocycles. The molecule has 0 spiro atoms. The van der Waals surface area contributed by atoms with E-state index in [-0.39, 0.29) is 24.4 Å². The summed E-state index contributed by atoms with van der Waals surface area (Å²) < 4.78 is 0. The first-order valence-electron chi connectivity index (χ1n) is 4.51. The highest BCUT2D eigenvalue weighted by Gasteiger charge is 2.41. The molecular weight excluding hydrogens is 168 g/mol. The zero-order chi connectivity index (χ0) is 10.1. The minimum atomic E-state index is -0.792. The lowest BCUT2D eigenvalue weighted by Crippen LogP contribution is -2.29. The molecule has 1 aliphatic rings. The van der Waals surface area contributed by atoms with Crippen LogP contribution in [0.4, 0.5) is 0 Å². The second kappa shape index (κ2) is 3.50. The van der Waals surface area contributed by atoms with Gasteiger partial charge in [0.05, 0.1) is 6.61 Å². The second-order valence-electron chi connectivity index (χ2n) is 4.01. The summed E-state index contributed by atoms with van der Waals surface area (Å²) in [6, 6.07) is 0. The van der Waals surface area contributed by atoms with Gasteiger partial charge in [-0.3, -0.25) is 4.79 Å². The minimum absolute atomic E-state index is 0.00375. The Morgan fingerprint density at radius 2 is 2.38 bits per heavy atom. The van der Waals surface area contributed by atoms with Gasteiger partial charge in [-0.05, 0) is 18.8 Å². The molecule has 1 rings (SSSR count). The molecule has 1 saturated carbocycles. The number of hydrogen-bond donors (Lipinski definition) is 2. The summed E-state index contributed by atoms with van der Waals surface area (Å²) in [4.78, 5) is 10.6. The van der Waals surface area contributed by atoms with Crippen molar-refractivity contribution in [2.24, 2.45) is 11.3 Å². The van der Waals surface area contributed by atoms with E-state index in [2.05, 4.69) is 6.58 Å². The molecule has 0 saturated heterocycles. The van der Waals surface area contributed by atoms with Gasteiger partial charge < -0.3 is 10.2 Å². The summed E-state index contributed by atoms with van der Waals surface area (Å²) >= 11 is 0. The quantitative estimate of drug-likeness (QED) is 0.652. The molecule has 3 nitrogen and oxygen atoms in total. The van der Waals surface area contributed by atoms with Crippen LogP contribution in [0.3, 0.4) is 0 Å². The molecule has 2 atom stereocenters. The van der Waals surface area contributed by atoms with Gasteiger partial charge >= 0.3 is 5.97 Å². The maximum Gasteiger partial charge on any atom is 0.303 e. The zero-order valence-electron chi connectivity index (χ0n) is 7.92. The molecule has 2 N–H and O–H groups in total. The highest BCUT2D eigenvalue weighted by atomic mass is 16.4. The van der Waals surface area contributed by atoms with Gasteiger partial charge in [-0.1, -0.05) is 19.1 Å². The molecule has 0 amide bonds. The summed E-state index contributed by atoms with van der Waals surface area (Å²) in [6.45, 7) is 5.79. The van der Waals surface area contributed by atoms with Crippen LogP contribution in [0, 0.1) is 11.3 Å². The third-order valence-corrected chi connectivity index (χ3v) is 3.25. The Balaban J connectivity index is 2.75. The van der Waals surface area contributed by atoms with Gasteiger partial charge in [-0.15, -0.1) is 0 Å². The van der Waals surface area contributed by atoms with Crippen LogP contribution in [0.15, 0.2) is 12.2 Å². The van der Waals surface area contributed by atoms with Crippen LogP contribution >= 0.6 is 0 Å². The molecule has 74 valence electrons. The third kappa shape index (κ3) is 1.75. The maximum atomic E-state index is 10.6. The predicted octanol–water partition coefficient (Wildman–Crippen LogP) is 1.43. The third-order valence-electron chi connectivity index (χ3n) is 3.25. The normalized spacial score (nSPS) is 33.7. The van der Waals surface area contributed by atoms with Gasteiger partial charge in [0.25, 0.3) is 0 Å². The fourth-order valence-electron chi connectivity index (χ4n) is 2.02. The van der Waals surface area contributed by atoms with E-state index in [0.29, 0.717) is 0 Å². The fraction of sp³-hybridized carbons (Fsp3) is 0.700. The monoisotopic (exact) mass is 184 g/mol. The van der Waals surface area contributed by atoms with E-state index in [1.54, 1.807) is 0 Å². The highest BCUT2D eigenvalue weighted by Crippen LogP contribution is 2.47. The fourth-order valence-corrected chi connectivity index (χ4v) is 2.02. The van der Waals surface area contributed by atoms with Crippen molar-refractivity contribution in [3.8, 4) is 0 Å². The lowest BCUT2D eigenvalue weighted by Gasteiger charge is -2.29. The molecule has 0 bridgehead atoms. The van der Waals surface area contributed by atoms with Gasteiger partial charge in [0.1, 0.15) is 0 Å². The molecule has 1 fully saturated rings. The molecule has 0 heterocycles. The van der Waals surface area contributed by atoms with E-state index in [4.69, 9.17) is 5.11 Å². The van der Waals surface area contributed by atoms with Crippen molar-refractivity contribution in [3.05, 3.63) is 12.2 Å². The Morgan fingerprint density at radius 1 is 1.77 bits per heavy atom. The topological polar surface area (TPSA) is 57.5 Å². The molecule has 0 aromatic carbocycles. The summed E-state index contributed by atoms with van der Waals surface area (Å²) in [5, 5.41) is 17.9.